The molecule has 3 nitrogen and oxygen atoms in total. The van der Waals surface area contributed by atoms with Gasteiger partial charge < -0.3 is 5.73 Å². The zero-order valence-corrected chi connectivity index (χ0v) is 11.5. The Kier molecular flexibility index (Phi) is 3.89. The summed E-state index contributed by atoms with van der Waals surface area (Å²) in [5, 5.41) is 2.73. The van der Waals surface area contributed by atoms with Crippen LogP contribution in [0.5, 0.6) is 0 Å². The maximum atomic E-state index is 6.02. The molecule has 0 amide bonds. The molecule has 2 rings (SSSR count). The molecule has 0 aliphatic carbocycles. The highest BCUT2D eigenvalue weighted by molar-refractivity contribution is 8.00. The minimum atomic E-state index is 0.161. The van der Waals surface area contributed by atoms with E-state index >= 15 is 0 Å². The number of hydrogen-bond acceptors (Lipinski definition) is 5. The van der Waals surface area contributed by atoms with Crippen LogP contribution >= 0.6 is 23.1 Å². The van der Waals surface area contributed by atoms with Crippen LogP contribution in [0.25, 0.3) is 0 Å². The predicted octanol–water partition coefficient (Wildman–Crippen LogP) is 1.80. The molecular weight excluding hydrogens is 238 g/mol. The molecule has 16 heavy (non-hydrogen) atoms. The lowest BCUT2D eigenvalue weighted by atomic mass is 9.91. The van der Waals surface area contributed by atoms with Crippen molar-refractivity contribution in [2.75, 3.05) is 19.3 Å². The van der Waals surface area contributed by atoms with E-state index in [4.69, 9.17) is 5.73 Å². The number of thioether (sulfide) groups is 1. The molecule has 2 N–H and O–H groups in total. The monoisotopic (exact) mass is 257 g/mol. The summed E-state index contributed by atoms with van der Waals surface area (Å²) in [7, 11) is 2.18. The first-order valence-corrected chi connectivity index (χ1v) is 7.58. The SMILES string of the molecule is CC1SCCC1(CN)N(C)Cc1cscn1. The summed E-state index contributed by atoms with van der Waals surface area (Å²) in [6, 6.07) is 0. The van der Waals surface area contributed by atoms with Gasteiger partial charge in [-0.2, -0.15) is 11.8 Å². The van der Waals surface area contributed by atoms with Gasteiger partial charge in [-0.15, -0.1) is 11.3 Å². The second kappa shape index (κ2) is 5.04. The topological polar surface area (TPSA) is 42.1 Å². The van der Waals surface area contributed by atoms with E-state index in [-0.39, 0.29) is 5.54 Å². The zero-order chi connectivity index (χ0) is 11.6. The first kappa shape index (κ1) is 12.4. The fraction of sp³-hybridized carbons (Fsp3) is 0.727. The molecule has 2 heterocycles. The van der Waals surface area contributed by atoms with Crippen LogP contribution in [0.4, 0.5) is 0 Å². The molecule has 1 aromatic rings. The molecule has 0 bridgehead atoms. The number of thiazole rings is 1. The molecule has 0 spiro atoms. The summed E-state index contributed by atoms with van der Waals surface area (Å²) in [6.07, 6.45) is 1.19. The van der Waals surface area contributed by atoms with Crippen LogP contribution in [0.1, 0.15) is 19.0 Å². The van der Waals surface area contributed by atoms with Crippen molar-refractivity contribution in [3.8, 4) is 0 Å². The highest BCUT2D eigenvalue weighted by Gasteiger charge is 2.43. The molecule has 1 aromatic heterocycles. The van der Waals surface area contributed by atoms with Gasteiger partial charge in [0.25, 0.3) is 0 Å². The molecule has 1 aliphatic heterocycles. The van der Waals surface area contributed by atoms with Crippen LogP contribution in [0, 0.1) is 0 Å². The van der Waals surface area contributed by atoms with Gasteiger partial charge in [0.05, 0.1) is 11.2 Å². The zero-order valence-electron chi connectivity index (χ0n) is 9.85. The summed E-state index contributed by atoms with van der Waals surface area (Å²) in [6.45, 7) is 3.94. The van der Waals surface area contributed by atoms with Crippen molar-refractivity contribution in [1.29, 1.82) is 0 Å². The van der Waals surface area contributed by atoms with Crippen molar-refractivity contribution >= 4 is 23.1 Å². The van der Waals surface area contributed by atoms with E-state index < -0.39 is 0 Å². The Morgan fingerprint density at radius 2 is 2.50 bits per heavy atom. The number of aromatic nitrogens is 1. The van der Waals surface area contributed by atoms with E-state index in [0.29, 0.717) is 5.25 Å². The Hall–Kier alpha value is -0.100. The Balaban J connectivity index is 2.09. The van der Waals surface area contributed by atoms with Gasteiger partial charge in [0, 0.05) is 29.3 Å². The Labute approximate surface area is 105 Å². The lowest BCUT2D eigenvalue weighted by Gasteiger charge is -2.40. The van der Waals surface area contributed by atoms with E-state index in [1.165, 1.54) is 12.2 Å². The number of nitrogens with two attached hydrogens (primary N) is 1. The van der Waals surface area contributed by atoms with Crippen LogP contribution < -0.4 is 5.73 Å². The summed E-state index contributed by atoms with van der Waals surface area (Å²) in [5.74, 6) is 1.22. The maximum Gasteiger partial charge on any atom is 0.0795 e. The molecule has 2 atom stereocenters. The van der Waals surface area contributed by atoms with Crippen LogP contribution in [-0.4, -0.2) is 40.0 Å². The second-order valence-electron chi connectivity index (χ2n) is 4.41. The van der Waals surface area contributed by atoms with Crippen molar-refractivity contribution in [1.82, 2.24) is 9.88 Å². The minimum absolute atomic E-state index is 0.161. The molecule has 1 saturated heterocycles. The average molecular weight is 257 g/mol. The van der Waals surface area contributed by atoms with Gasteiger partial charge in [0.2, 0.25) is 0 Å². The molecule has 2 unspecified atom stereocenters. The molecular formula is C11H19N3S2. The highest BCUT2D eigenvalue weighted by Crippen LogP contribution is 2.39. The largest absolute Gasteiger partial charge is 0.329 e. The van der Waals surface area contributed by atoms with Gasteiger partial charge in [-0.1, -0.05) is 6.92 Å². The fourth-order valence-corrected chi connectivity index (χ4v) is 4.49. The van der Waals surface area contributed by atoms with E-state index in [9.17, 15) is 0 Å². The number of hydrogen-bond donors (Lipinski definition) is 1. The van der Waals surface area contributed by atoms with E-state index in [1.54, 1.807) is 11.3 Å². The van der Waals surface area contributed by atoms with Crippen molar-refractivity contribution in [3.05, 3.63) is 16.6 Å². The third-order valence-electron chi connectivity index (χ3n) is 3.66. The number of nitrogens with zero attached hydrogens (tertiary/aromatic N) is 2. The van der Waals surface area contributed by atoms with Crippen molar-refractivity contribution in [3.63, 3.8) is 0 Å². The van der Waals surface area contributed by atoms with Crippen LogP contribution in [-0.2, 0) is 6.54 Å². The fourth-order valence-electron chi connectivity index (χ4n) is 2.41. The van der Waals surface area contributed by atoms with Gasteiger partial charge >= 0.3 is 0 Å². The molecule has 0 aromatic carbocycles. The summed E-state index contributed by atoms with van der Waals surface area (Å²) in [5.41, 5.74) is 9.23. The van der Waals surface area contributed by atoms with E-state index in [2.05, 4.69) is 29.2 Å². The standard InChI is InChI=1S/C11H19N3S2/c1-9-11(7-12,3-4-16-9)14(2)5-10-6-15-8-13-10/h6,8-9H,3-5,7,12H2,1-2H3. The van der Waals surface area contributed by atoms with E-state index in [1.807, 2.05) is 17.3 Å². The molecule has 0 saturated carbocycles. The summed E-state index contributed by atoms with van der Waals surface area (Å²) in [4.78, 5) is 6.74. The van der Waals surface area contributed by atoms with Gasteiger partial charge in [0.15, 0.2) is 0 Å². The molecule has 90 valence electrons. The Morgan fingerprint density at radius 1 is 1.69 bits per heavy atom. The summed E-state index contributed by atoms with van der Waals surface area (Å²) >= 11 is 3.69. The third kappa shape index (κ3) is 2.14. The van der Waals surface area contributed by atoms with Crippen molar-refractivity contribution in [2.24, 2.45) is 5.73 Å². The Bertz CT molecular complexity index is 328. The molecule has 1 aliphatic rings. The number of rotatable bonds is 4. The van der Waals surface area contributed by atoms with Gasteiger partial charge in [0.1, 0.15) is 0 Å². The van der Waals surface area contributed by atoms with Gasteiger partial charge in [-0.05, 0) is 19.2 Å². The lowest BCUT2D eigenvalue weighted by Crippen LogP contribution is -2.55. The van der Waals surface area contributed by atoms with Gasteiger partial charge in [-0.25, -0.2) is 4.98 Å². The van der Waals surface area contributed by atoms with Crippen molar-refractivity contribution < 1.29 is 0 Å². The van der Waals surface area contributed by atoms with Crippen molar-refractivity contribution in [2.45, 2.75) is 30.7 Å². The lowest BCUT2D eigenvalue weighted by molar-refractivity contribution is 0.120. The first-order valence-electron chi connectivity index (χ1n) is 5.59. The molecule has 5 heteroatoms. The number of likely N-dealkylation sites (N-methyl/N-ethyl adjacent to an activating group) is 1. The normalized spacial score (nSPS) is 30.1. The average Bonchev–Trinajstić information content (AvgIpc) is 2.88. The second-order valence-corrected chi connectivity index (χ2v) is 6.57. The smallest absolute Gasteiger partial charge is 0.0795 e. The van der Waals surface area contributed by atoms with Crippen LogP contribution in [0.3, 0.4) is 0 Å². The van der Waals surface area contributed by atoms with Crippen LogP contribution in [0.15, 0.2) is 10.9 Å². The van der Waals surface area contributed by atoms with Crippen LogP contribution in [0.2, 0.25) is 0 Å². The summed E-state index contributed by atoms with van der Waals surface area (Å²) < 4.78 is 0. The molecule has 1 fully saturated rings. The third-order valence-corrected chi connectivity index (χ3v) is 5.67. The van der Waals surface area contributed by atoms with E-state index in [0.717, 1.165) is 18.8 Å². The minimum Gasteiger partial charge on any atom is -0.329 e. The highest BCUT2D eigenvalue weighted by atomic mass is 32.2. The first-order chi connectivity index (χ1) is 7.69. The quantitative estimate of drug-likeness (QED) is 0.893. The maximum absolute atomic E-state index is 6.02. The predicted molar refractivity (Wildman–Crippen MR) is 71.9 cm³/mol. The Morgan fingerprint density at radius 3 is 3.00 bits per heavy atom. The van der Waals surface area contributed by atoms with Gasteiger partial charge in [-0.3, -0.25) is 4.90 Å². The molecule has 0 radical (unpaired) electrons.